The van der Waals surface area contributed by atoms with Crippen molar-refractivity contribution in [3.05, 3.63) is 40.9 Å². The molecule has 1 atom stereocenters. The van der Waals surface area contributed by atoms with E-state index in [0.717, 1.165) is 27.4 Å². The van der Waals surface area contributed by atoms with E-state index in [1.54, 1.807) is 4.90 Å². The van der Waals surface area contributed by atoms with Crippen LogP contribution in [0, 0.1) is 5.92 Å². The number of nitrogens with one attached hydrogen (secondary N) is 1. The monoisotopic (exact) mass is 348 g/mol. The second kappa shape index (κ2) is 6.03. The molecule has 0 aliphatic carbocycles. The molecule has 3 rings (SSSR count). The van der Waals surface area contributed by atoms with Crippen molar-refractivity contribution in [3.63, 3.8) is 0 Å². The molecule has 21 heavy (non-hydrogen) atoms. The standard InChI is InChI=1S/C16H17BrN2O2/c17-14-5-6-15(13-4-2-1-3-12(13)14)18-16(21)19-8-7-11(9-19)10-20/h1-6,11,20H,7-10H2,(H,18,21)/t11-/m0/s1. The number of aliphatic hydroxyl groups excluding tert-OH is 1. The number of halogens is 1. The molecule has 110 valence electrons. The number of aliphatic hydroxyl groups is 1. The number of urea groups is 1. The van der Waals surface area contributed by atoms with Crippen molar-refractivity contribution in [3.8, 4) is 0 Å². The Labute approximate surface area is 131 Å². The van der Waals surface area contributed by atoms with Crippen molar-refractivity contribution >= 4 is 38.4 Å². The van der Waals surface area contributed by atoms with E-state index in [1.807, 2.05) is 36.4 Å². The Morgan fingerprint density at radius 1 is 1.29 bits per heavy atom. The van der Waals surface area contributed by atoms with Crippen molar-refractivity contribution in [2.75, 3.05) is 25.0 Å². The highest BCUT2D eigenvalue weighted by molar-refractivity contribution is 9.10. The maximum absolute atomic E-state index is 12.3. The smallest absolute Gasteiger partial charge is 0.321 e. The maximum atomic E-state index is 12.3. The molecular formula is C16H17BrN2O2. The summed E-state index contributed by atoms with van der Waals surface area (Å²) in [5, 5.41) is 14.2. The van der Waals surface area contributed by atoms with Crippen LogP contribution in [0.15, 0.2) is 40.9 Å². The minimum Gasteiger partial charge on any atom is -0.396 e. The van der Waals surface area contributed by atoms with Crippen LogP contribution in [0.5, 0.6) is 0 Å². The summed E-state index contributed by atoms with van der Waals surface area (Å²) in [4.78, 5) is 14.1. The van der Waals surface area contributed by atoms with Crippen molar-refractivity contribution in [2.24, 2.45) is 5.92 Å². The molecule has 2 aromatic rings. The molecule has 0 radical (unpaired) electrons. The summed E-state index contributed by atoms with van der Waals surface area (Å²) in [5.41, 5.74) is 0.811. The highest BCUT2D eigenvalue weighted by Gasteiger charge is 2.25. The lowest BCUT2D eigenvalue weighted by atomic mass is 10.1. The van der Waals surface area contributed by atoms with Gasteiger partial charge in [-0.3, -0.25) is 0 Å². The number of carbonyl (C=O) groups is 1. The van der Waals surface area contributed by atoms with Crippen LogP contribution in [0.4, 0.5) is 10.5 Å². The van der Waals surface area contributed by atoms with Gasteiger partial charge in [0.2, 0.25) is 0 Å². The molecule has 0 unspecified atom stereocenters. The zero-order valence-corrected chi connectivity index (χ0v) is 13.1. The first kappa shape index (κ1) is 14.4. The Morgan fingerprint density at radius 3 is 2.76 bits per heavy atom. The van der Waals surface area contributed by atoms with Gasteiger partial charge >= 0.3 is 6.03 Å². The van der Waals surface area contributed by atoms with E-state index < -0.39 is 0 Å². The van der Waals surface area contributed by atoms with Crippen molar-refractivity contribution in [1.82, 2.24) is 4.90 Å². The molecule has 4 nitrogen and oxygen atoms in total. The average Bonchev–Trinajstić information content (AvgIpc) is 2.99. The van der Waals surface area contributed by atoms with E-state index in [9.17, 15) is 4.79 Å². The van der Waals surface area contributed by atoms with Gasteiger partial charge < -0.3 is 15.3 Å². The van der Waals surface area contributed by atoms with Gasteiger partial charge in [-0.05, 0) is 23.9 Å². The Morgan fingerprint density at radius 2 is 2.05 bits per heavy atom. The van der Waals surface area contributed by atoms with Crippen molar-refractivity contribution in [2.45, 2.75) is 6.42 Å². The summed E-state index contributed by atoms with van der Waals surface area (Å²) in [6.07, 6.45) is 0.866. The van der Waals surface area contributed by atoms with E-state index >= 15 is 0 Å². The van der Waals surface area contributed by atoms with Crippen LogP contribution in [0.25, 0.3) is 10.8 Å². The fourth-order valence-corrected chi connectivity index (χ4v) is 3.21. The minimum atomic E-state index is -0.0987. The minimum absolute atomic E-state index is 0.0987. The van der Waals surface area contributed by atoms with Crippen LogP contribution in [0.2, 0.25) is 0 Å². The van der Waals surface area contributed by atoms with Crippen LogP contribution in [0.1, 0.15) is 6.42 Å². The Kier molecular flexibility index (Phi) is 4.12. The van der Waals surface area contributed by atoms with Gasteiger partial charge in [-0.2, -0.15) is 0 Å². The fourth-order valence-electron chi connectivity index (χ4n) is 2.73. The van der Waals surface area contributed by atoms with Crippen molar-refractivity contribution < 1.29 is 9.90 Å². The van der Waals surface area contributed by atoms with Gasteiger partial charge in [-0.1, -0.05) is 40.2 Å². The molecule has 1 heterocycles. The summed E-state index contributed by atoms with van der Waals surface area (Å²) in [5.74, 6) is 0.206. The van der Waals surface area contributed by atoms with Crippen LogP contribution < -0.4 is 5.32 Å². The number of benzene rings is 2. The lowest BCUT2D eigenvalue weighted by molar-refractivity contribution is 0.209. The molecule has 2 N–H and O–H groups in total. The molecule has 1 fully saturated rings. The lowest BCUT2D eigenvalue weighted by Crippen LogP contribution is -2.33. The first-order valence-corrected chi connectivity index (χ1v) is 7.82. The molecule has 0 aromatic heterocycles. The highest BCUT2D eigenvalue weighted by Crippen LogP contribution is 2.30. The van der Waals surface area contributed by atoms with Crippen LogP contribution in [-0.4, -0.2) is 35.7 Å². The number of anilines is 1. The summed E-state index contributed by atoms with van der Waals surface area (Å²) in [6, 6.07) is 11.7. The number of hydrogen-bond donors (Lipinski definition) is 2. The lowest BCUT2D eigenvalue weighted by Gasteiger charge is -2.18. The number of fused-ring (bicyclic) bond motifs is 1. The third-order valence-electron chi connectivity index (χ3n) is 3.94. The van der Waals surface area contributed by atoms with Gasteiger partial charge in [0, 0.05) is 35.5 Å². The molecular weight excluding hydrogens is 332 g/mol. The molecule has 5 heteroatoms. The zero-order chi connectivity index (χ0) is 14.8. The summed E-state index contributed by atoms with van der Waals surface area (Å²) in [7, 11) is 0. The van der Waals surface area contributed by atoms with E-state index in [1.165, 1.54) is 0 Å². The van der Waals surface area contributed by atoms with E-state index in [2.05, 4.69) is 21.2 Å². The molecule has 0 spiro atoms. The molecule has 2 amide bonds. The van der Waals surface area contributed by atoms with Gasteiger partial charge in [0.1, 0.15) is 0 Å². The quantitative estimate of drug-likeness (QED) is 0.873. The number of amides is 2. The second-order valence-corrected chi connectivity index (χ2v) is 6.21. The Balaban J connectivity index is 1.82. The maximum Gasteiger partial charge on any atom is 0.321 e. The van der Waals surface area contributed by atoms with Gasteiger partial charge in [0.05, 0.1) is 5.69 Å². The predicted octanol–water partition coefficient (Wildman–Crippen LogP) is 3.45. The van der Waals surface area contributed by atoms with Gasteiger partial charge in [0.15, 0.2) is 0 Å². The number of nitrogens with zero attached hydrogens (tertiary/aromatic N) is 1. The number of rotatable bonds is 2. The van der Waals surface area contributed by atoms with Gasteiger partial charge in [-0.15, -0.1) is 0 Å². The summed E-state index contributed by atoms with van der Waals surface area (Å²) < 4.78 is 1.01. The van der Waals surface area contributed by atoms with Crippen LogP contribution in [0.3, 0.4) is 0 Å². The Hall–Kier alpha value is -1.59. The first-order chi connectivity index (χ1) is 10.2. The third-order valence-corrected chi connectivity index (χ3v) is 4.64. The zero-order valence-electron chi connectivity index (χ0n) is 11.6. The van der Waals surface area contributed by atoms with Crippen LogP contribution in [-0.2, 0) is 0 Å². The summed E-state index contributed by atoms with van der Waals surface area (Å²) >= 11 is 3.53. The number of likely N-dealkylation sites (tertiary alicyclic amines) is 1. The number of carbonyl (C=O) groups excluding carboxylic acids is 1. The van der Waals surface area contributed by atoms with Gasteiger partial charge in [0.25, 0.3) is 0 Å². The largest absolute Gasteiger partial charge is 0.396 e. The molecule has 1 aliphatic rings. The normalized spacial score (nSPS) is 18.2. The molecule has 1 aliphatic heterocycles. The molecule has 2 aromatic carbocycles. The third kappa shape index (κ3) is 2.89. The SMILES string of the molecule is O=C(Nc1ccc(Br)c2ccccc12)N1CC[C@H](CO)C1. The predicted molar refractivity (Wildman–Crippen MR) is 87.4 cm³/mol. The van der Waals surface area contributed by atoms with E-state index in [-0.39, 0.29) is 18.6 Å². The molecule has 1 saturated heterocycles. The first-order valence-electron chi connectivity index (χ1n) is 7.03. The molecule has 0 saturated carbocycles. The van der Waals surface area contributed by atoms with E-state index in [0.29, 0.717) is 13.1 Å². The van der Waals surface area contributed by atoms with Crippen LogP contribution >= 0.6 is 15.9 Å². The molecule has 0 bridgehead atoms. The Bertz CT molecular complexity index is 674. The van der Waals surface area contributed by atoms with E-state index in [4.69, 9.17) is 5.11 Å². The summed E-state index contributed by atoms with van der Waals surface area (Å²) in [6.45, 7) is 1.47. The fraction of sp³-hybridized carbons (Fsp3) is 0.312. The van der Waals surface area contributed by atoms with Gasteiger partial charge in [-0.25, -0.2) is 4.79 Å². The second-order valence-electron chi connectivity index (χ2n) is 5.35. The number of hydrogen-bond acceptors (Lipinski definition) is 2. The highest BCUT2D eigenvalue weighted by atomic mass is 79.9. The average molecular weight is 349 g/mol. The van der Waals surface area contributed by atoms with Crippen molar-refractivity contribution in [1.29, 1.82) is 0 Å². The topological polar surface area (TPSA) is 52.6 Å².